The molecule has 0 aliphatic heterocycles. The van der Waals surface area contributed by atoms with Gasteiger partial charge in [-0.15, -0.1) is 0 Å². The maximum absolute atomic E-state index is 10.7. The molecule has 0 aromatic rings. The summed E-state index contributed by atoms with van der Waals surface area (Å²) in [6.07, 6.45) is 9.25. The summed E-state index contributed by atoms with van der Waals surface area (Å²) in [6, 6.07) is 0. The fourth-order valence-electron chi connectivity index (χ4n) is 2.13. The van der Waals surface area contributed by atoms with Gasteiger partial charge < -0.3 is 9.47 Å². The van der Waals surface area contributed by atoms with Gasteiger partial charge in [-0.25, -0.2) is 0 Å². The Morgan fingerprint density at radius 2 is 1.00 bits per heavy atom. The van der Waals surface area contributed by atoms with E-state index in [0.29, 0.717) is 13.2 Å². The van der Waals surface area contributed by atoms with Gasteiger partial charge in [0.05, 0.1) is 24.7 Å². The van der Waals surface area contributed by atoms with Crippen molar-refractivity contribution in [2.75, 3.05) is 24.7 Å². The molecule has 27 heavy (non-hydrogen) atoms. The van der Waals surface area contributed by atoms with Gasteiger partial charge in [-0.3, -0.25) is 9.59 Å². The van der Waals surface area contributed by atoms with Crippen LogP contribution in [-0.2, 0) is 19.1 Å². The number of thiol groups is 2. The van der Waals surface area contributed by atoms with Crippen molar-refractivity contribution in [3.63, 3.8) is 0 Å². The number of hydrogen-bond donors (Lipinski definition) is 2. The van der Waals surface area contributed by atoms with Gasteiger partial charge in [-0.2, -0.15) is 25.3 Å². The van der Waals surface area contributed by atoms with E-state index >= 15 is 0 Å². The summed E-state index contributed by atoms with van der Waals surface area (Å²) in [7, 11) is 0. The molecule has 0 saturated carbocycles. The number of carbonyl (C=O) groups is 2. The van der Waals surface area contributed by atoms with Crippen molar-refractivity contribution >= 4 is 61.6 Å². The minimum absolute atomic E-state index is 0. The summed E-state index contributed by atoms with van der Waals surface area (Å²) in [5, 5.41) is 0. The van der Waals surface area contributed by atoms with Gasteiger partial charge in [-0.05, 0) is 24.7 Å². The quantitative estimate of drug-likeness (QED) is 0.144. The summed E-state index contributed by atoms with van der Waals surface area (Å²) in [5.41, 5.74) is 0. The Morgan fingerprint density at radius 3 is 1.26 bits per heavy atom. The molecule has 0 fully saturated rings. The minimum atomic E-state index is -0.216. The fourth-order valence-corrected chi connectivity index (χ4v) is 2.31. The Labute approximate surface area is 195 Å². The first kappa shape index (κ1) is 32.1. The van der Waals surface area contributed by atoms with Gasteiger partial charge in [0.2, 0.25) is 0 Å². The van der Waals surface area contributed by atoms with Gasteiger partial charge in [0.1, 0.15) is 0 Å². The zero-order valence-electron chi connectivity index (χ0n) is 17.6. The second kappa shape index (κ2) is 24.5. The van der Waals surface area contributed by atoms with E-state index in [1.54, 1.807) is 0 Å². The minimum Gasteiger partial charge on any atom is -0.465 e. The number of unbranched alkanes of at least 4 members (excludes halogenated alkanes) is 4. The Morgan fingerprint density at radius 1 is 0.667 bits per heavy atom. The molecule has 0 aliphatic rings. The average Bonchev–Trinajstić information content (AvgIpc) is 2.60. The molecule has 0 aromatic heterocycles. The monoisotopic (exact) mass is 529 g/mol. The average molecular weight is 530 g/mol. The summed E-state index contributed by atoms with van der Waals surface area (Å²) >= 11 is 7.62. The molecular weight excluding hydrogens is 490 g/mol. The van der Waals surface area contributed by atoms with E-state index in [0.717, 1.165) is 37.5 Å². The Balaban J connectivity index is -0.000000411. The number of ether oxygens (including phenoxy) is 2. The summed E-state index contributed by atoms with van der Waals surface area (Å²) in [4.78, 5) is 21.3. The van der Waals surface area contributed by atoms with Crippen LogP contribution in [0.2, 0.25) is 0 Å². The zero-order valence-corrected chi connectivity index (χ0v) is 22.0. The third-order valence-corrected chi connectivity index (χ3v) is 4.15. The Bertz CT molecular complexity index is 308. The van der Waals surface area contributed by atoms with Crippen LogP contribution in [0.1, 0.15) is 79.1 Å². The van der Waals surface area contributed by atoms with Crippen molar-refractivity contribution in [3.05, 3.63) is 0 Å². The first-order valence-corrected chi connectivity index (χ1v) is 11.1. The van der Waals surface area contributed by atoms with E-state index in [9.17, 15) is 9.59 Å². The number of rotatable bonds is 14. The molecule has 0 rings (SSSR count). The van der Waals surface area contributed by atoms with E-state index in [4.69, 9.17) is 9.47 Å². The Kier molecular flexibility index (Phi) is 29.2. The Hall–Kier alpha value is 0.458. The van der Waals surface area contributed by atoms with Gasteiger partial charge in [-0.1, -0.05) is 66.2 Å². The molecule has 0 atom stereocenters. The van der Waals surface area contributed by atoms with Crippen LogP contribution in [0.4, 0.5) is 0 Å². The van der Waals surface area contributed by atoms with Crippen LogP contribution in [0.3, 0.4) is 0 Å². The van der Waals surface area contributed by atoms with Crippen molar-refractivity contribution < 1.29 is 19.1 Å². The zero-order chi connectivity index (χ0) is 20.2. The molecule has 0 heterocycles. The topological polar surface area (TPSA) is 52.6 Å². The van der Waals surface area contributed by atoms with E-state index < -0.39 is 0 Å². The summed E-state index contributed by atoms with van der Waals surface area (Å²) < 4.78 is 9.77. The standard InChI is InChI=1S/2C10H20O2S.Sb/c2*1-9(2)6-4-3-5-7-12-10(11)8-13;/h2*9,13H,3-8H2,1-2H3;. The van der Waals surface area contributed by atoms with Gasteiger partial charge in [0, 0.05) is 24.4 Å². The summed E-state index contributed by atoms with van der Waals surface area (Å²) in [5.74, 6) is 1.50. The molecule has 3 radical (unpaired) electrons. The molecule has 7 heteroatoms. The molecule has 0 N–H and O–H groups in total. The van der Waals surface area contributed by atoms with Crippen molar-refractivity contribution in [2.45, 2.75) is 79.1 Å². The van der Waals surface area contributed by atoms with Gasteiger partial charge in [0.15, 0.2) is 0 Å². The molecule has 0 bridgehead atoms. The van der Waals surface area contributed by atoms with E-state index in [-0.39, 0.29) is 47.9 Å². The van der Waals surface area contributed by atoms with Crippen molar-refractivity contribution in [3.8, 4) is 0 Å². The smallest absolute Gasteiger partial charge is 0.315 e. The maximum Gasteiger partial charge on any atom is 0.315 e. The largest absolute Gasteiger partial charge is 0.465 e. The second-order valence-corrected chi connectivity index (χ2v) is 7.88. The maximum atomic E-state index is 10.7. The molecule has 0 aromatic carbocycles. The van der Waals surface area contributed by atoms with E-state index in [1.807, 2.05) is 0 Å². The molecule has 161 valence electrons. The predicted octanol–water partition coefficient (Wildman–Crippen LogP) is 4.97. The van der Waals surface area contributed by atoms with E-state index in [1.165, 1.54) is 25.7 Å². The van der Waals surface area contributed by atoms with E-state index in [2.05, 4.69) is 53.0 Å². The molecule has 0 amide bonds. The van der Waals surface area contributed by atoms with Crippen molar-refractivity contribution in [1.82, 2.24) is 0 Å². The normalized spacial score (nSPS) is 10.1. The number of hydrogen-bond acceptors (Lipinski definition) is 6. The summed E-state index contributed by atoms with van der Waals surface area (Å²) in [6.45, 7) is 10.00. The molecule has 0 unspecified atom stereocenters. The van der Waals surface area contributed by atoms with Crippen molar-refractivity contribution in [1.29, 1.82) is 0 Å². The van der Waals surface area contributed by atoms with Crippen LogP contribution in [0, 0.1) is 11.8 Å². The number of esters is 2. The molecule has 0 spiro atoms. The second-order valence-electron chi connectivity index (χ2n) is 7.24. The number of carbonyl (C=O) groups excluding carboxylic acids is 2. The third kappa shape index (κ3) is 31.4. The van der Waals surface area contributed by atoms with Crippen LogP contribution < -0.4 is 0 Å². The molecule has 0 aliphatic carbocycles. The van der Waals surface area contributed by atoms with Crippen LogP contribution in [0.5, 0.6) is 0 Å². The predicted molar refractivity (Wildman–Crippen MR) is 122 cm³/mol. The van der Waals surface area contributed by atoms with Gasteiger partial charge >= 0.3 is 11.9 Å². The fraction of sp³-hybridized carbons (Fsp3) is 0.900. The van der Waals surface area contributed by atoms with Crippen molar-refractivity contribution in [2.24, 2.45) is 11.8 Å². The first-order chi connectivity index (χ1) is 12.3. The van der Waals surface area contributed by atoms with Crippen LogP contribution in [-0.4, -0.2) is 61.1 Å². The molecule has 0 saturated heterocycles. The van der Waals surface area contributed by atoms with Gasteiger partial charge in [0.25, 0.3) is 0 Å². The third-order valence-electron chi connectivity index (χ3n) is 3.64. The van der Waals surface area contributed by atoms with Crippen LogP contribution in [0.25, 0.3) is 0 Å². The van der Waals surface area contributed by atoms with Crippen LogP contribution >= 0.6 is 25.3 Å². The first-order valence-electron chi connectivity index (χ1n) is 9.86. The molecular formula is C20H40O4S2Sb. The van der Waals surface area contributed by atoms with Crippen LogP contribution in [0.15, 0.2) is 0 Å². The molecule has 4 nitrogen and oxygen atoms in total. The SMILES string of the molecule is CC(C)CCCCCOC(=O)CS.CC(C)CCCCCOC(=O)CS.[Sb].